The van der Waals surface area contributed by atoms with E-state index in [-0.39, 0.29) is 18.4 Å². The zero-order chi connectivity index (χ0) is 60.3. The predicted octanol–water partition coefficient (Wildman–Crippen LogP) is 14.4. The highest BCUT2D eigenvalue weighted by atomic mass is 14.9. The quantitative estimate of drug-likeness (QED) is 0.142. The molecule has 4 heterocycles. The zero-order valence-electron chi connectivity index (χ0n) is 55.2. The van der Waals surface area contributed by atoms with Crippen LogP contribution in [0.2, 0.25) is 0 Å². The fraction of sp³-hybridized carbons (Fsp3) is 0.353. The molecule has 9 rings (SSSR count). The molecule has 4 aromatic carbocycles. The average molecular weight is 969 g/mol. The van der Waals surface area contributed by atoms with Gasteiger partial charge in [0.15, 0.2) is 24.8 Å². The van der Waals surface area contributed by atoms with Gasteiger partial charge in [-0.25, -0.2) is 18.3 Å². The molecular formula is C68H86N4+4. The van der Waals surface area contributed by atoms with Crippen LogP contribution in [-0.2, 0) is 60.2 Å². The monoisotopic (exact) mass is 968 g/mol. The highest BCUT2D eigenvalue weighted by molar-refractivity contribution is 5.65. The first-order valence-corrected chi connectivity index (χ1v) is 25.5. The topological polar surface area (TPSA) is 15.5 Å². The molecule has 0 saturated heterocycles. The molecule has 0 aliphatic heterocycles. The van der Waals surface area contributed by atoms with Crippen LogP contribution < -0.4 is 18.3 Å². The summed E-state index contributed by atoms with van der Waals surface area (Å²) in [5.74, 6) is 0. The first-order valence-electron chi connectivity index (χ1n) is 30.0. The standard InChI is InChI=1S/C18H22N.2C17H22N.C16H20N/c1-13-8-9-17(14(2)10-13)18-11-15-6-4-5-7-16(15)12-19(18)3;2*1-6-15-11-18(5)17(10-13(15)3)16-8-7-12(2)9-14(16)4;1-5-14-7-9-16(17(4)11-14)15-8-6-12(2)10-13(15)3/h8-12H,4-7H2,1-3H3;2*7-11H,6H2,1-5H3;6-11H,5H2,1-4H3/q4*+1/i1D3,6D2,7D2;6D2;;. The Morgan fingerprint density at radius 3 is 1.25 bits per heavy atom. The second-order valence-electron chi connectivity index (χ2n) is 19.8. The van der Waals surface area contributed by atoms with E-state index in [2.05, 4.69) is 177 Å². The molecule has 0 radical (unpaired) electrons. The van der Waals surface area contributed by atoms with Crippen molar-refractivity contribution in [3.8, 4) is 45.0 Å². The molecular weight excluding hydrogens is 873 g/mol. The van der Waals surface area contributed by atoms with E-state index < -0.39 is 26.0 Å². The van der Waals surface area contributed by atoms with Gasteiger partial charge in [0.1, 0.15) is 28.2 Å². The lowest BCUT2D eigenvalue weighted by Crippen LogP contribution is -2.32. The molecule has 8 aromatic rings. The fourth-order valence-electron chi connectivity index (χ4n) is 9.73. The number of aryl methyl sites for hydroxylation is 19. The third kappa shape index (κ3) is 13.5. The van der Waals surface area contributed by atoms with E-state index >= 15 is 0 Å². The number of benzene rings is 4. The Hall–Kier alpha value is -6.52. The van der Waals surface area contributed by atoms with E-state index in [1.54, 1.807) is 49.0 Å². The van der Waals surface area contributed by atoms with Crippen molar-refractivity contribution in [2.45, 2.75) is 135 Å². The van der Waals surface area contributed by atoms with Crippen molar-refractivity contribution >= 4 is 0 Å². The van der Waals surface area contributed by atoms with Crippen LogP contribution >= 0.6 is 0 Å². The molecule has 0 fully saturated rings. The third-order valence-electron chi connectivity index (χ3n) is 13.8. The van der Waals surface area contributed by atoms with E-state index in [1.165, 1.54) is 78.1 Å². The third-order valence-corrected chi connectivity index (χ3v) is 13.8. The summed E-state index contributed by atoms with van der Waals surface area (Å²) in [7, 11) is 8.03. The van der Waals surface area contributed by atoms with E-state index in [4.69, 9.17) is 12.3 Å². The molecule has 0 atom stereocenters. The molecule has 0 spiro atoms. The summed E-state index contributed by atoms with van der Waals surface area (Å²) in [6.07, 6.45) is 6.04. The second-order valence-corrected chi connectivity index (χ2v) is 19.8. The SMILES string of the molecule is CCc1c[n+](C)c(-c2ccc(C)cc2C)cc1C.CCc1ccc(-c2ccc(C)cc2C)[n+](C)c1.[2H]C([2H])(C)c1c[n+](C)c(-c2ccc(C)cc2C)cc1C.[2H]C([2H])([2H])c1ccc(-c2cc3c(c[n+]2C)C([2H])([2H])CCC3([2H])[2H])c(C)c1. The van der Waals surface area contributed by atoms with Crippen molar-refractivity contribution in [3.05, 3.63) is 211 Å². The van der Waals surface area contributed by atoms with E-state index in [1.807, 2.05) is 31.7 Å². The maximum Gasteiger partial charge on any atom is 0.212 e. The molecule has 0 unspecified atom stereocenters. The smallest absolute Gasteiger partial charge is 0.201 e. The van der Waals surface area contributed by atoms with Crippen LogP contribution in [0.25, 0.3) is 45.0 Å². The number of pyridine rings is 4. The highest BCUT2D eigenvalue weighted by Crippen LogP contribution is 2.28. The zero-order valence-corrected chi connectivity index (χ0v) is 46.2. The molecule has 0 saturated carbocycles. The van der Waals surface area contributed by atoms with Crippen LogP contribution in [-0.4, -0.2) is 0 Å². The Labute approximate surface area is 448 Å². The van der Waals surface area contributed by atoms with Crippen molar-refractivity contribution in [2.75, 3.05) is 0 Å². The van der Waals surface area contributed by atoms with Crippen molar-refractivity contribution in [3.63, 3.8) is 0 Å². The minimum Gasteiger partial charge on any atom is -0.201 e. The Kier molecular flexibility index (Phi) is 14.8. The normalized spacial score (nSPS) is 15.2. The lowest BCUT2D eigenvalue weighted by Gasteiger charge is -2.15. The van der Waals surface area contributed by atoms with Crippen LogP contribution in [0.15, 0.2) is 128 Å². The maximum absolute atomic E-state index is 8.30. The Balaban J connectivity index is 0.000000176. The van der Waals surface area contributed by atoms with Crippen LogP contribution in [0.3, 0.4) is 0 Å². The molecule has 0 N–H and O–H groups in total. The molecule has 72 heavy (non-hydrogen) atoms. The van der Waals surface area contributed by atoms with E-state index in [0.29, 0.717) is 11.1 Å². The summed E-state index contributed by atoms with van der Waals surface area (Å²) in [6, 6.07) is 35.2. The number of rotatable bonds is 7. The van der Waals surface area contributed by atoms with E-state index in [0.717, 1.165) is 46.5 Å². The predicted molar refractivity (Wildman–Crippen MR) is 304 cm³/mol. The minimum absolute atomic E-state index is 0.136. The van der Waals surface area contributed by atoms with Gasteiger partial charge in [0, 0.05) is 81.1 Å². The van der Waals surface area contributed by atoms with Crippen molar-refractivity contribution in [2.24, 2.45) is 28.2 Å². The van der Waals surface area contributed by atoms with Gasteiger partial charge in [-0.15, -0.1) is 0 Å². The summed E-state index contributed by atoms with van der Waals surface area (Å²) < 4.78 is 79.8. The van der Waals surface area contributed by atoms with Crippen LogP contribution in [0.4, 0.5) is 0 Å². The largest absolute Gasteiger partial charge is 0.212 e. The molecule has 374 valence electrons. The summed E-state index contributed by atoms with van der Waals surface area (Å²) >= 11 is 0. The summed E-state index contributed by atoms with van der Waals surface area (Å²) in [6.45, 7) is 22.7. The number of aromatic nitrogens is 4. The van der Waals surface area contributed by atoms with Crippen LogP contribution in [0, 0.1) is 69.2 Å². The number of hydrogen-bond acceptors (Lipinski definition) is 0. The molecule has 4 heteroatoms. The molecule has 0 bridgehead atoms. The van der Waals surface area contributed by atoms with E-state index in [9.17, 15) is 0 Å². The lowest BCUT2D eigenvalue weighted by atomic mass is 9.91. The first kappa shape index (κ1) is 43.1. The number of nitrogens with zero attached hydrogens (tertiary/aromatic N) is 4. The number of hydrogen-bond donors (Lipinski definition) is 0. The van der Waals surface area contributed by atoms with Crippen molar-refractivity contribution in [1.82, 2.24) is 0 Å². The van der Waals surface area contributed by atoms with Crippen LogP contribution in [0.5, 0.6) is 0 Å². The maximum atomic E-state index is 8.30. The van der Waals surface area contributed by atoms with Crippen LogP contribution in [0.1, 0.15) is 129 Å². The number of fused-ring (bicyclic) bond motifs is 1. The molecule has 4 aromatic heterocycles. The Bertz CT molecular complexity index is 3590. The van der Waals surface area contributed by atoms with Crippen molar-refractivity contribution in [1.29, 1.82) is 0 Å². The highest BCUT2D eigenvalue weighted by Gasteiger charge is 2.20. The first-order chi connectivity index (χ1) is 37.7. The van der Waals surface area contributed by atoms with Gasteiger partial charge < -0.3 is 0 Å². The van der Waals surface area contributed by atoms with Crippen molar-refractivity contribution < 1.29 is 30.6 Å². The second kappa shape index (κ2) is 24.7. The van der Waals surface area contributed by atoms with Gasteiger partial charge in [-0.1, -0.05) is 91.6 Å². The molecule has 0 amide bonds. The average Bonchev–Trinajstić information content (AvgIpc) is 3.55. The molecule has 1 aliphatic rings. The lowest BCUT2D eigenvalue weighted by molar-refractivity contribution is -0.661. The van der Waals surface area contributed by atoms with Gasteiger partial charge in [-0.05, 0) is 183 Å². The van der Waals surface area contributed by atoms with Gasteiger partial charge in [0.25, 0.3) is 0 Å². The Morgan fingerprint density at radius 1 is 0.403 bits per heavy atom. The summed E-state index contributed by atoms with van der Waals surface area (Å²) in [5.41, 5.74) is 24.6. The van der Waals surface area contributed by atoms with Gasteiger partial charge in [-0.3, -0.25) is 0 Å². The van der Waals surface area contributed by atoms with Gasteiger partial charge in [0.2, 0.25) is 22.8 Å². The summed E-state index contributed by atoms with van der Waals surface area (Å²) in [4.78, 5) is 0. The van der Waals surface area contributed by atoms with Gasteiger partial charge in [0.05, 0.1) is 0 Å². The van der Waals surface area contributed by atoms with Gasteiger partial charge >= 0.3 is 0 Å². The fourth-order valence-corrected chi connectivity index (χ4v) is 9.73. The molecule has 1 aliphatic carbocycles. The van der Waals surface area contributed by atoms with Gasteiger partial charge in [-0.2, -0.15) is 0 Å². The Morgan fingerprint density at radius 2 is 0.806 bits per heavy atom. The molecule has 4 nitrogen and oxygen atoms in total. The minimum atomic E-state index is -2.17. The summed E-state index contributed by atoms with van der Waals surface area (Å²) in [5, 5.41) is 0.